The molecule has 25 heavy (non-hydrogen) atoms. The third-order valence-electron chi connectivity index (χ3n) is 4.96. The van der Waals surface area contributed by atoms with Gasteiger partial charge in [-0.05, 0) is 44.8 Å². The van der Waals surface area contributed by atoms with Crippen LogP contribution in [0.5, 0.6) is 0 Å². The molecule has 1 aliphatic heterocycles. The average Bonchev–Trinajstić information content (AvgIpc) is 2.81. The van der Waals surface area contributed by atoms with Crippen molar-refractivity contribution in [2.75, 3.05) is 0 Å². The molecule has 3 rings (SSSR count). The lowest BCUT2D eigenvalue weighted by Gasteiger charge is -2.32. The van der Waals surface area contributed by atoms with Crippen molar-refractivity contribution in [2.24, 2.45) is 0 Å². The second-order valence-electron chi connectivity index (χ2n) is 7.28. The molecule has 1 heterocycles. The fourth-order valence-electron chi connectivity index (χ4n) is 2.72. The number of carbonyl (C=O) groups is 1. The normalized spacial score (nSPS) is 18.6. The van der Waals surface area contributed by atoms with Crippen molar-refractivity contribution in [3.05, 3.63) is 71.8 Å². The van der Waals surface area contributed by atoms with Crippen molar-refractivity contribution in [1.29, 1.82) is 0 Å². The maximum Gasteiger partial charge on any atom is 0.495 e. The number of benzene rings is 2. The molecule has 2 aromatic carbocycles. The van der Waals surface area contributed by atoms with Gasteiger partial charge >= 0.3 is 7.12 Å². The molecule has 0 unspecified atom stereocenters. The molecule has 2 aromatic rings. The number of ketones is 1. The maximum absolute atomic E-state index is 12.7. The van der Waals surface area contributed by atoms with Crippen LogP contribution in [0.3, 0.4) is 0 Å². The van der Waals surface area contributed by atoms with Crippen LogP contribution in [-0.2, 0) is 9.31 Å². The molecule has 0 aliphatic carbocycles. The monoisotopic (exact) mass is 334 g/mol. The minimum absolute atomic E-state index is 0.0610. The van der Waals surface area contributed by atoms with Gasteiger partial charge in [-0.2, -0.15) is 0 Å². The molecule has 3 nitrogen and oxygen atoms in total. The van der Waals surface area contributed by atoms with Crippen molar-refractivity contribution >= 4 is 24.4 Å². The summed E-state index contributed by atoms with van der Waals surface area (Å²) >= 11 is 0. The predicted molar refractivity (Wildman–Crippen MR) is 102 cm³/mol. The summed E-state index contributed by atoms with van der Waals surface area (Å²) in [7, 11) is -0.546. The summed E-state index contributed by atoms with van der Waals surface area (Å²) in [5.74, 6) is -0.0610. The molecule has 0 saturated carbocycles. The highest BCUT2D eigenvalue weighted by Gasteiger charge is 2.52. The van der Waals surface area contributed by atoms with E-state index in [1.165, 1.54) is 0 Å². The van der Waals surface area contributed by atoms with E-state index in [4.69, 9.17) is 9.31 Å². The summed E-state index contributed by atoms with van der Waals surface area (Å²) < 4.78 is 12.2. The fourth-order valence-corrected chi connectivity index (χ4v) is 2.72. The second-order valence-corrected chi connectivity index (χ2v) is 7.28. The summed E-state index contributed by atoms with van der Waals surface area (Å²) in [4.78, 5) is 12.7. The Labute approximate surface area is 149 Å². The highest BCUT2D eigenvalue weighted by Crippen LogP contribution is 2.36. The van der Waals surface area contributed by atoms with Gasteiger partial charge in [0.25, 0.3) is 0 Å². The SMILES string of the molecule is CC1(C)OB(c2ccccc2C(=O)/C=C/c2ccccc2)OC1(C)C. The summed E-state index contributed by atoms with van der Waals surface area (Å²) in [6.07, 6.45) is 3.42. The molecule has 0 N–H and O–H groups in total. The zero-order chi connectivity index (χ0) is 18.1. The Morgan fingerprint density at radius 3 is 2.08 bits per heavy atom. The molecule has 1 aliphatic rings. The lowest BCUT2D eigenvalue weighted by Crippen LogP contribution is -2.41. The first kappa shape index (κ1) is 17.7. The van der Waals surface area contributed by atoms with Crippen LogP contribution in [0.15, 0.2) is 60.7 Å². The van der Waals surface area contributed by atoms with E-state index >= 15 is 0 Å². The van der Waals surface area contributed by atoms with E-state index in [1.807, 2.05) is 88.4 Å². The van der Waals surface area contributed by atoms with Gasteiger partial charge in [-0.1, -0.05) is 60.7 Å². The van der Waals surface area contributed by atoms with Crippen LogP contribution < -0.4 is 5.46 Å². The van der Waals surface area contributed by atoms with Crippen molar-refractivity contribution in [3.8, 4) is 0 Å². The fraction of sp³-hybridized carbons (Fsp3) is 0.286. The van der Waals surface area contributed by atoms with Crippen LogP contribution in [0, 0.1) is 0 Å². The molecular formula is C21H23BO3. The van der Waals surface area contributed by atoms with E-state index in [1.54, 1.807) is 6.08 Å². The predicted octanol–water partition coefficient (Wildman–Crippen LogP) is 3.88. The summed E-state index contributed by atoms with van der Waals surface area (Å²) in [5.41, 5.74) is 1.49. The highest BCUT2D eigenvalue weighted by molar-refractivity contribution is 6.63. The van der Waals surface area contributed by atoms with E-state index in [0.717, 1.165) is 11.0 Å². The lowest BCUT2D eigenvalue weighted by atomic mass is 9.75. The molecule has 4 heteroatoms. The quantitative estimate of drug-likeness (QED) is 0.484. The van der Waals surface area contributed by atoms with Gasteiger partial charge < -0.3 is 9.31 Å². The van der Waals surface area contributed by atoms with Gasteiger partial charge in [0.15, 0.2) is 5.78 Å². The number of hydrogen-bond acceptors (Lipinski definition) is 3. The molecule has 128 valence electrons. The first-order valence-electron chi connectivity index (χ1n) is 8.52. The van der Waals surface area contributed by atoms with E-state index < -0.39 is 18.3 Å². The van der Waals surface area contributed by atoms with Gasteiger partial charge in [-0.3, -0.25) is 4.79 Å². The Hall–Kier alpha value is -2.17. The Kier molecular flexibility index (Phi) is 4.68. The van der Waals surface area contributed by atoms with E-state index in [2.05, 4.69) is 0 Å². The van der Waals surface area contributed by atoms with Crippen molar-refractivity contribution in [1.82, 2.24) is 0 Å². The second kappa shape index (κ2) is 6.62. The standard InChI is InChI=1S/C21H23BO3/c1-20(2)21(3,4)25-22(24-20)18-13-9-8-12-17(18)19(23)15-14-16-10-6-5-7-11-16/h5-15H,1-4H3/b15-14+. The molecular weight excluding hydrogens is 311 g/mol. The van der Waals surface area contributed by atoms with Crippen molar-refractivity contribution in [3.63, 3.8) is 0 Å². The third kappa shape index (κ3) is 3.60. The molecule has 0 aromatic heterocycles. The Bertz CT molecular complexity index is 778. The van der Waals surface area contributed by atoms with Crippen molar-refractivity contribution in [2.45, 2.75) is 38.9 Å². The molecule has 1 saturated heterocycles. The van der Waals surface area contributed by atoms with Gasteiger partial charge in [0.1, 0.15) is 0 Å². The van der Waals surface area contributed by atoms with Gasteiger partial charge in [0, 0.05) is 5.56 Å². The van der Waals surface area contributed by atoms with Gasteiger partial charge in [-0.15, -0.1) is 0 Å². The summed E-state index contributed by atoms with van der Waals surface area (Å²) in [6.45, 7) is 8.03. The van der Waals surface area contributed by atoms with Gasteiger partial charge in [-0.25, -0.2) is 0 Å². The Balaban J connectivity index is 1.87. The maximum atomic E-state index is 12.7. The van der Waals surface area contributed by atoms with Crippen LogP contribution in [0.2, 0.25) is 0 Å². The van der Waals surface area contributed by atoms with Crippen LogP contribution in [0.25, 0.3) is 6.08 Å². The minimum atomic E-state index is -0.546. The average molecular weight is 334 g/mol. The van der Waals surface area contributed by atoms with E-state index in [-0.39, 0.29) is 5.78 Å². The number of hydrogen-bond donors (Lipinski definition) is 0. The van der Waals surface area contributed by atoms with Crippen molar-refractivity contribution < 1.29 is 14.1 Å². The lowest BCUT2D eigenvalue weighted by molar-refractivity contribution is 0.00578. The Morgan fingerprint density at radius 1 is 0.880 bits per heavy atom. The number of carbonyl (C=O) groups excluding carboxylic acids is 1. The topological polar surface area (TPSA) is 35.5 Å². The number of rotatable bonds is 4. The van der Waals surface area contributed by atoms with E-state index in [9.17, 15) is 4.79 Å². The number of allylic oxidation sites excluding steroid dienone is 1. The molecule has 0 bridgehead atoms. The zero-order valence-electron chi connectivity index (χ0n) is 15.2. The highest BCUT2D eigenvalue weighted by atomic mass is 16.7. The summed E-state index contributed by atoms with van der Waals surface area (Å²) in [6, 6.07) is 17.2. The molecule has 0 atom stereocenters. The van der Waals surface area contributed by atoms with E-state index in [0.29, 0.717) is 5.56 Å². The molecule has 0 radical (unpaired) electrons. The third-order valence-corrected chi connectivity index (χ3v) is 4.96. The largest absolute Gasteiger partial charge is 0.495 e. The first-order chi connectivity index (χ1) is 11.8. The van der Waals surface area contributed by atoms with Crippen LogP contribution in [0.4, 0.5) is 0 Å². The summed E-state index contributed by atoms with van der Waals surface area (Å²) in [5, 5.41) is 0. The van der Waals surface area contributed by atoms with Gasteiger partial charge in [0.2, 0.25) is 0 Å². The van der Waals surface area contributed by atoms with Crippen LogP contribution in [0.1, 0.15) is 43.6 Å². The molecule has 0 spiro atoms. The smallest absolute Gasteiger partial charge is 0.399 e. The first-order valence-corrected chi connectivity index (χ1v) is 8.52. The van der Waals surface area contributed by atoms with Gasteiger partial charge in [0.05, 0.1) is 11.2 Å². The molecule has 0 amide bonds. The molecule has 1 fully saturated rings. The Morgan fingerprint density at radius 2 is 1.44 bits per heavy atom. The zero-order valence-corrected chi connectivity index (χ0v) is 15.2. The minimum Gasteiger partial charge on any atom is -0.399 e. The van der Waals surface area contributed by atoms with Crippen LogP contribution >= 0.6 is 0 Å². The van der Waals surface area contributed by atoms with Crippen LogP contribution in [-0.4, -0.2) is 24.1 Å².